The number of para-hydroxylation sites is 2. The van der Waals surface area contributed by atoms with E-state index in [1.54, 1.807) is 6.07 Å². The van der Waals surface area contributed by atoms with Crippen LogP contribution in [0.4, 0.5) is 0 Å². The second-order valence-electron chi connectivity index (χ2n) is 6.10. The van der Waals surface area contributed by atoms with Crippen molar-refractivity contribution in [3.05, 3.63) is 47.0 Å². The van der Waals surface area contributed by atoms with E-state index in [0.29, 0.717) is 29.5 Å². The first-order chi connectivity index (χ1) is 11.1. The quantitative estimate of drug-likeness (QED) is 0.628. The zero-order valence-corrected chi connectivity index (χ0v) is 13.2. The van der Waals surface area contributed by atoms with E-state index in [1.807, 2.05) is 18.2 Å². The summed E-state index contributed by atoms with van der Waals surface area (Å²) in [4.78, 5) is 23.8. The van der Waals surface area contributed by atoms with Gasteiger partial charge >= 0.3 is 11.7 Å². The fourth-order valence-electron chi connectivity index (χ4n) is 2.94. The molecule has 5 heteroatoms. The normalized spacial score (nSPS) is 20.7. The van der Waals surface area contributed by atoms with Gasteiger partial charge in [0.15, 0.2) is 5.58 Å². The van der Waals surface area contributed by atoms with Crippen molar-refractivity contribution >= 4 is 17.1 Å². The van der Waals surface area contributed by atoms with Crippen molar-refractivity contribution in [2.75, 3.05) is 6.61 Å². The molecule has 1 aromatic carbocycles. The van der Waals surface area contributed by atoms with Crippen molar-refractivity contribution in [3.8, 4) is 0 Å². The summed E-state index contributed by atoms with van der Waals surface area (Å²) in [5, 5.41) is 0. The minimum atomic E-state index is -0.440. The predicted octanol–water partition coefficient (Wildman–Crippen LogP) is 3.13. The molecule has 0 N–H and O–H groups in total. The number of allylic oxidation sites excluding steroid dienone is 2. The van der Waals surface area contributed by atoms with Gasteiger partial charge in [-0.3, -0.25) is 9.36 Å². The molecular weight excluding hydrogens is 294 g/mol. The van der Waals surface area contributed by atoms with Gasteiger partial charge in [-0.05, 0) is 36.8 Å². The van der Waals surface area contributed by atoms with Crippen LogP contribution in [0.15, 0.2) is 45.6 Å². The van der Waals surface area contributed by atoms with Gasteiger partial charge in [-0.1, -0.05) is 31.2 Å². The highest BCUT2D eigenvalue weighted by molar-refractivity contribution is 5.73. The maximum atomic E-state index is 11.9. The molecule has 0 unspecified atom stereocenters. The van der Waals surface area contributed by atoms with Crippen LogP contribution in [-0.2, 0) is 16.1 Å². The van der Waals surface area contributed by atoms with Crippen LogP contribution in [0.1, 0.15) is 26.2 Å². The number of hydrogen-bond acceptors (Lipinski definition) is 4. The average Bonchev–Trinajstić information content (AvgIpc) is 2.87. The minimum absolute atomic E-state index is 0.167. The van der Waals surface area contributed by atoms with Crippen molar-refractivity contribution in [2.45, 2.75) is 32.7 Å². The Labute approximate surface area is 134 Å². The van der Waals surface area contributed by atoms with Gasteiger partial charge in [-0.25, -0.2) is 4.79 Å². The van der Waals surface area contributed by atoms with Gasteiger partial charge in [0.25, 0.3) is 0 Å². The Hall–Kier alpha value is -2.30. The molecule has 2 atom stereocenters. The number of ether oxygens (including phenoxy) is 1. The fraction of sp³-hybridized carbons (Fsp3) is 0.444. The predicted molar refractivity (Wildman–Crippen MR) is 87.1 cm³/mol. The van der Waals surface area contributed by atoms with Gasteiger partial charge < -0.3 is 9.15 Å². The zero-order valence-electron chi connectivity index (χ0n) is 13.2. The first-order valence-electron chi connectivity index (χ1n) is 8.04. The molecule has 0 aliphatic heterocycles. The van der Waals surface area contributed by atoms with Crippen molar-refractivity contribution < 1.29 is 13.9 Å². The Morgan fingerprint density at radius 3 is 2.91 bits per heavy atom. The molecular formula is C18H21NO4. The van der Waals surface area contributed by atoms with Crippen molar-refractivity contribution in [2.24, 2.45) is 11.8 Å². The average molecular weight is 315 g/mol. The highest BCUT2D eigenvalue weighted by Gasteiger charge is 2.20. The van der Waals surface area contributed by atoms with E-state index in [1.165, 1.54) is 4.57 Å². The van der Waals surface area contributed by atoms with Gasteiger partial charge in [0.2, 0.25) is 0 Å². The molecule has 5 nitrogen and oxygen atoms in total. The maximum Gasteiger partial charge on any atom is 0.419 e. The standard InChI is InChI=1S/C18H21NO4/c1-13-6-2-3-7-14(13)12-22-17(20)10-11-19-15-8-4-5-9-16(15)23-18(19)21/h2-5,8-9,13-14H,6-7,10-12H2,1H3/t13-,14-/m0/s1. The van der Waals surface area contributed by atoms with E-state index in [9.17, 15) is 9.59 Å². The van der Waals surface area contributed by atoms with Gasteiger partial charge in [-0.2, -0.15) is 0 Å². The summed E-state index contributed by atoms with van der Waals surface area (Å²) in [5.74, 6) is 0.212. The number of aromatic nitrogens is 1. The third-order valence-corrected chi connectivity index (χ3v) is 4.49. The molecule has 0 amide bonds. The number of fused-ring (bicyclic) bond motifs is 1. The zero-order chi connectivity index (χ0) is 16.2. The number of aryl methyl sites for hydroxylation is 1. The largest absolute Gasteiger partial charge is 0.465 e. The van der Waals surface area contributed by atoms with E-state index in [-0.39, 0.29) is 18.9 Å². The Kier molecular flexibility index (Phi) is 4.65. The van der Waals surface area contributed by atoms with Crippen LogP contribution < -0.4 is 5.76 Å². The third kappa shape index (κ3) is 3.55. The molecule has 0 radical (unpaired) electrons. The highest BCUT2D eigenvalue weighted by Crippen LogP contribution is 2.25. The summed E-state index contributed by atoms with van der Waals surface area (Å²) in [5.41, 5.74) is 1.24. The maximum absolute atomic E-state index is 11.9. The fourth-order valence-corrected chi connectivity index (χ4v) is 2.94. The van der Waals surface area contributed by atoms with Gasteiger partial charge in [0.1, 0.15) is 0 Å². The van der Waals surface area contributed by atoms with Crippen molar-refractivity contribution in [1.82, 2.24) is 4.57 Å². The summed E-state index contributed by atoms with van der Waals surface area (Å²) in [6.45, 7) is 2.90. The monoisotopic (exact) mass is 315 g/mol. The Morgan fingerprint density at radius 1 is 1.30 bits per heavy atom. The first-order valence-corrected chi connectivity index (χ1v) is 8.04. The lowest BCUT2D eigenvalue weighted by Gasteiger charge is -2.24. The minimum Gasteiger partial charge on any atom is -0.465 e. The summed E-state index contributed by atoms with van der Waals surface area (Å²) in [7, 11) is 0. The number of oxazole rings is 1. The second-order valence-corrected chi connectivity index (χ2v) is 6.10. The molecule has 0 saturated carbocycles. The summed E-state index contributed by atoms with van der Waals surface area (Å²) >= 11 is 0. The lowest BCUT2D eigenvalue weighted by Crippen LogP contribution is -2.23. The van der Waals surface area contributed by atoms with Crippen LogP contribution in [0, 0.1) is 11.8 Å². The molecule has 0 bridgehead atoms. The molecule has 23 heavy (non-hydrogen) atoms. The Bertz CT molecular complexity index is 771. The molecule has 1 aliphatic carbocycles. The second kappa shape index (κ2) is 6.86. The van der Waals surface area contributed by atoms with Crippen LogP contribution in [0.5, 0.6) is 0 Å². The van der Waals surface area contributed by atoms with Crippen LogP contribution in [0.3, 0.4) is 0 Å². The number of esters is 1. The van der Waals surface area contributed by atoms with Crippen LogP contribution in [0.25, 0.3) is 11.1 Å². The summed E-state index contributed by atoms with van der Waals surface area (Å²) in [6.07, 6.45) is 6.49. The van der Waals surface area contributed by atoms with Crippen molar-refractivity contribution in [1.29, 1.82) is 0 Å². The first kappa shape index (κ1) is 15.6. The summed E-state index contributed by atoms with van der Waals surface area (Å²) in [6, 6.07) is 7.19. The lowest BCUT2D eigenvalue weighted by molar-refractivity contribution is -0.145. The van der Waals surface area contributed by atoms with Crippen LogP contribution in [0.2, 0.25) is 0 Å². The molecule has 122 valence electrons. The highest BCUT2D eigenvalue weighted by atomic mass is 16.5. The van der Waals surface area contributed by atoms with Crippen molar-refractivity contribution in [3.63, 3.8) is 0 Å². The van der Waals surface area contributed by atoms with E-state index in [2.05, 4.69) is 19.1 Å². The van der Waals surface area contributed by atoms with Crippen LogP contribution >= 0.6 is 0 Å². The molecule has 1 aromatic heterocycles. The smallest absolute Gasteiger partial charge is 0.419 e. The van der Waals surface area contributed by atoms with Gasteiger partial charge in [0.05, 0.1) is 18.5 Å². The summed E-state index contributed by atoms with van der Waals surface area (Å²) < 4.78 is 12.0. The van der Waals surface area contributed by atoms with E-state index >= 15 is 0 Å². The number of rotatable bonds is 5. The third-order valence-electron chi connectivity index (χ3n) is 4.49. The SMILES string of the molecule is C[C@H]1CC=CC[C@H]1COC(=O)CCn1c(=O)oc2ccccc21. The topological polar surface area (TPSA) is 61.4 Å². The molecule has 0 saturated heterocycles. The molecule has 3 rings (SSSR count). The molecule has 1 heterocycles. The number of hydrogen-bond donors (Lipinski definition) is 0. The van der Waals surface area contributed by atoms with Gasteiger partial charge in [-0.15, -0.1) is 0 Å². The Morgan fingerprint density at radius 2 is 2.09 bits per heavy atom. The van der Waals surface area contributed by atoms with E-state index < -0.39 is 5.76 Å². The van der Waals surface area contributed by atoms with Crippen LogP contribution in [-0.4, -0.2) is 17.1 Å². The van der Waals surface area contributed by atoms with Gasteiger partial charge in [0, 0.05) is 6.54 Å². The molecule has 2 aromatic rings. The Balaban J connectivity index is 1.55. The number of nitrogens with zero attached hydrogens (tertiary/aromatic N) is 1. The van der Waals surface area contributed by atoms with E-state index in [0.717, 1.165) is 12.8 Å². The molecule has 1 aliphatic rings. The lowest BCUT2D eigenvalue weighted by atomic mass is 9.85. The number of carbonyl (C=O) groups excluding carboxylic acids is 1. The number of benzene rings is 1. The molecule has 0 fully saturated rings. The molecule has 0 spiro atoms. The number of carbonyl (C=O) groups is 1. The van der Waals surface area contributed by atoms with E-state index in [4.69, 9.17) is 9.15 Å².